The summed E-state index contributed by atoms with van der Waals surface area (Å²) in [4.78, 5) is 14.7. The summed E-state index contributed by atoms with van der Waals surface area (Å²) in [5.74, 6) is 0.344. The Morgan fingerprint density at radius 2 is 2.04 bits per heavy atom. The quantitative estimate of drug-likeness (QED) is 0.838. The minimum Gasteiger partial charge on any atom is -0.504 e. The van der Waals surface area contributed by atoms with E-state index >= 15 is 0 Å². The van der Waals surface area contributed by atoms with E-state index in [1.165, 1.54) is 0 Å². The first-order valence-electron chi connectivity index (χ1n) is 9.03. The van der Waals surface area contributed by atoms with E-state index < -0.39 is 5.54 Å². The van der Waals surface area contributed by atoms with Crippen molar-refractivity contribution in [2.24, 2.45) is 11.7 Å². The van der Waals surface area contributed by atoms with Crippen LogP contribution in [0.5, 0.6) is 11.5 Å². The first-order valence-corrected chi connectivity index (χ1v) is 9.41. The number of phenolic OH excluding ortho intramolecular Hbond substituents is 1. The fourth-order valence-electron chi connectivity index (χ4n) is 3.09. The SMILES string of the molecule is CC(C)[C@](C)(N)C(=O)N1CCOc2c(O)cc(-c3cccc(Cl)c3)cc2C1. The molecule has 0 aliphatic carbocycles. The molecular weight excluding hydrogens is 364 g/mol. The maximum absolute atomic E-state index is 13.0. The van der Waals surface area contributed by atoms with E-state index in [4.69, 9.17) is 22.1 Å². The molecule has 0 radical (unpaired) electrons. The number of fused-ring (bicyclic) bond motifs is 1. The number of nitrogens with zero attached hydrogens (tertiary/aromatic N) is 1. The Balaban J connectivity index is 1.98. The minimum absolute atomic E-state index is 0.000149. The highest BCUT2D eigenvalue weighted by Gasteiger charge is 2.36. The largest absolute Gasteiger partial charge is 0.504 e. The first-order chi connectivity index (χ1) is 12.7. The second-order valence-corrected chi connectivity index (χ2v) is 7.94. The smallest absolute Gasteiger partial charge is 0.243 e. The molecule has 27 heavy (non-hydrogen) atoms. The lowest BCUT2D eigenvalue weighted by molar-refractivity contribution is -0.138. The number of carbonyl (C=O) groups is 1. The molecule has 1 aliphatic rings. The summed E-state index contributed by atoms with van der Waals surface area (Å²) in [6.45, 7) is 6.67. The van der Waals surface area contributed by atoms with E-state index in [1.807, 2.05) is 38.1 Å². The van der Waals surface area contributed by atoms with Gasteiger partial charge in [-0.15, -0.1) is 0 Å². The summed E-state index contributed by atoms with van der Waals surface area (Å²) >= 11 is 6.09. The molecule has 3 N–H and O–H groups in total. The number of nitrogens with two attached hydrogens (primary N) is 1. The fourth-order valence-corrected chi connectivity index (χ4v) is 3.28. The van der Waals surface area contributed by atoms with Gasteiger partial charge in [-0.3, -0.25) is 4.79 Å². The molecular formula is C21H25ClN2O3. The maximum atomic E-state index is 13.0. The first kappa shape index (κ1) is 19.5. The highest BCUT2D eigenvalue weighted by molar-refractivity contribution is 6.30. The fraction of sp³-hybridized carbons (Fsp3) is 0.381. The minimum atomic E-state index is -0.961. The molecule has 0 spiro atoms. The molecule has 2 aromatic carbocycles. The topological polar surface area (TPSA) is 75.8 Å². The van der Waals surface area contributed by atoms with Crippen molar-refractivity contribution < 1.29 is 14.6 Å². The zero-order valence-corrected chi connectivity index (χ0v) is 16.6. The van der Waals surface area contributed by atoms with Gasteiger partial charge in [0.15, 0.2) is 11.5 Å². The van der Waals surface area contributed by atoms with E-state index in [0.29, 0.717) is 30.5 Å². The molecule has 5 nitrogen and oxygen atoms in total. The van der Waals surface area contributed by atoms with Gasteiger partial charge in [0.05, 0.1) is 12.1 Å². The predicted molar refractivity (Wildman–Crippen MR) is 107 cm³/mol. The summed E-state index contributed by atoms with van der Waals surface area (Å²) < 4.78 is 5.74. The molecule has 0 unspecified atom stereocenters. The van der Waals surface area contributed by atoms with Gasteiger partial charge < -0.3 is 20.5 Å². The third-order valence-corrected chi connectivity index (χ3v) is 5.46. The van der Waals surface area contributed by atoms with Crippen molar-refractivity contribution in [1.82, 2.24) is 4.90 Å². The van der Waals surface area contributed by atoms with Crippen LogP contribution in [0.25, 0.3) is 11.1 Å². The summed E-state index contributed by atoms with van der Waals surface area (Å²) in [7, 11) is 0. The number of benzene rings is 2. The van der Waals surface area contributed by atoms with Crippen LogP contribution >= 0.6 is 11.6 Å². The molecule has 0 saturated heterocycles. The highest BCUT2D eigenvalue weighted by Crippen LogP contribution is 2.38. The zero-order valence-electron chi connectivity index (χ0n) is 15.8. The molecule has 3 rings (SSSR count). The van der Waals surface area contributed by atoms with Gasteiger partial charge in [-0.2, -0.15) is 0 Å². The van der Waals surface area contributed by atoms with Crippen LogP contribution < -0.4 is 10.5 Å². The average molecular weight is 389 g/mol. The lowest BCUT2D eigenvalue weighted by Crippen LogP contribution is -2.56. The molecule has 1 aliphatic heterocycles. The summed E-state index contributed by atoms with van der Waals surface area (Å²) in [6.07, 6.45) is 0. The predicted octanol–water partition coefficient (Wildman–Crippen LogP) is 3.81. The van der Waals surface area contributed by atoms with E-state index in [0.717, 1.165) is 16.7 Å². The number of carbonyl (C=O) groups excluding carboxylic acids is 1. The number of phenols is 1. The van der Waals surface area contributed by atoms with Crippen molar-refractivity contribution in [1.29, 1.82) is 0 Å². The molecule has 144 valence electrons. The van der Waals surface area contributed by atoms with Gasteiger partial charge in [0.2, 0.25) is 5.91 Å². The molecule has 0 bridgehead atoms. The van der Waals surface area contributed by atoms with E-state index in [2.05, 4.69) is 0 Å². The Labute approximate surface area is 164 Å². The number of hydrogen-bond acceptors (Lipinski definition) is 4. The Morgan fingerprint density at radius 3 is 2.70 bits per heavy atom. The number of rotatable bonds is 3. The van der Waals surface area contributed by atoms with Crippen LogP contribution in [0.4, 0.5) is 0 Å². The molecule has 1 atom stereocenters. The second kappa shape index (κ2) is 7.41. The zero-order chi connectivity index (χ0) is 19.8. The van der Waals surface area contributed by atoms with Gasteiger partial charge in [-0.1, -0.05) is 37.6 Å². The van der Waals surface area contributed by atoms with Crippen LogP contribution in [-0.2, 0) is 11.3 Å². The van der Waals surface area contributed by atoms with Crippen molar-refractivity contribution >= 4 is 17.5 Å². The third-order valence-electron chi connectivity index (χ3n) is 5.22. The molecule has 0 aromatic heterocycles. The van der Waals surface area contributed by atoms with Crippen molar-refractivity contribution in [3.05, 3.63) is 47.0 Å². The van der Waals surface area contributed by atoms with Crippen LogP contribution in [0.1, 0.15) is 26.3 Å². The second-order valence-electron chi connectivity index (χ2n) is 7.51. The Kier molecular flexibility index (Phi) is 5.36. The molecule has 1 heterocycles. The summed E-state index contributed by atoms with van der Waals surface area (Å²) in [6, 6.07) is 11.0. The highest BCUT2D eigenvalue weighted by atomic mass is 35.5. The number of halogens is 1. The van der Waals surface area contributed by atoms with Crippen LogP contribution in [-0.4, -0.2) is 34.6 Å². The van der Waals surface area contributed by atoms with Crippen LogP contribution in [0.2, 0.25) is 5.02 Å². The Morgan fingerprint density at radius 1 is 1.30 bits per heavy atom. The lowest BCUT2D eigenvalue weighted by Gasteiger charge is -2.33. The Hall–Kier alpha value is -2.24. The van der Waals surface area contributed by atoms with Crippen molar-refractivity contribution in [2.45, 2.75) is 32.9 Å². The molecule has 1 amide bonds. The molecule has 0 fully saturated rings. The van der Waals surface area contributed by atoms with Gasteiger partial charge in [0.25, 0.3) is 0 Å². The van der Waals surface area contributed by atoms with Crippen molar-refractivity contribution in [3.8, 4) is 22.6 Å². The van der Waals surface area contributed by atoms with E-state index in [-0.39, 0.29) is 17.6 Å². The normalized spacial score (nSPS) is 16.3. The van der Waals surface area contributed by atoms with Crippen LogP contribution in [0, 0.1) is 5.92 Å². The van der Waals surface area contributed by atoms with Crippen molar-refractivity contribution in [2.75, 3.05) is 13.2 Å². The summed E-state index contributed by atoms with van der Waals surface area (Å²) in [5.41, 5.74) is 7.75. The number of hydrogen-bond donors (Lipinski definition) is 2. The Bertz CT molecular complexity index is 865. The van der Waals surface area contributed by atoms with E-state index in [1.54, 1.807) is 24.0 Å². The third kappa shape index (κ3) is 3.89. The van der Waals surface area contributed by atoms with Gasteiger partial charge in [0, 0.05) is 17.1 Å². The van der Waals surface area contributed by atoms with Crippen LogP contribution in [0.15, 0.2) is 36.4 Å². The van der Waals surface area contributed by atoms with Gasteiger partial charge >= 0.3 is 0 Å². The van der Waals surface area contributed by atoms with E-state index in [9.17, 15) is 9.90 Å². The number of ether oxygens (including phenoxy) is 1. The molecule has 2 aromatic rings. The van der Waals surface area contributed by atoms with Gasteiger partial charge in [-0.05, 0) is 48.2 Å². The molecule has 6 heteroatoms. The standard InChI is InChI=1S/C21H25ClN2O3/c1-13(2)21(3,23)20(26)24-7-8-27-19-16(12-24)9-15(11-18(19)25)14-5-4-6-17(22)10-14/h4-6,9-11,13,25H,7-8,12,23H2,1-3H3/t21-/m0/s1. The van der Waals surface area contributed by atoms with Crippen molar-refractivity contribution in [3.63, 3.8) is 0 Å². The van der Waals surface area contributed by atoms with Gasteiger partial charge in [0.1, 0.15) is 6.61 Å². The van der Waals surface area contributed by atoms with Gasteiger partial charge in [-0.25, -0.2) is 0 Å². The lowest BCUT2D eigenvalue weighted by atomic mass is 9.88. The van der Waals surface area contributed by atoms with Crippen LogP contribution in [0.3, 0.4) is 0 Å². The average Bonchev–Trinajstić information content (AvgIpc) is 2.83. The summed E-state index contributed by atoms with van der Waals surface area (Å²) in [5, 5.41) is 11.1. The maximum Gasteiger partial charge on any atom is 0.243 e. The number of amides is 1. The molecule has 0 saturated carbocycles. The monoisotopic (exact) mass is 388 g/mol. The number of aromatic hydroxyl groups is 1.